The molecule has 1 aromatic carbocycles. The molecule has 0 saturated carbocycles. The molecular weight excluding hydrogens is 243 g/mol. The van der Waals surface area contributed by atoms with Crippen LogP contribution in [0.2, 0.25) is 10.0 Å². The molecule has 0 atom stereocenters. The van der Waals surface area contributed by atoms with E-state index in [1.54, 1.807) is 23.1 Å². The average molecular weight is 249 g/mol. The van der Waals surface area contributed by atoms with Gasteiger partial charge in [0, 0.05) is 15.0 Å². The second-order valence-electron chi connectivity index (χ2n) is 2.54. The molecule has 4 heteroatoms. The SMILES string of the molecule is CSc1cc(Cl)c(Cl)c2ccsc12. The van der Waals surface area contributed by atoms with Gasteiger partial charge in [-0.1, -0.05) is 23.2 Å². The lowest BCUT2D eigenvalue weighted by atomic mass is 10.3. The van der Waals surface area contributed by atoms with Crippen LogP contribution in [0.3, 0.4) is 0 Å². The Hall–Kier alpha value is 0.110. The van der Waals surface area contributed by atoms with Gasteiger partial charge in [0.1, 0.15) is 0 Å². The van der Waals surface area contributed by atoms with Crippen molar-refractivity contribution in [1.29, 1.82) is 0 Å². The summed E-state index contributed by atoms with van der Waals surface area (Å²) in [6, 6.07) is 3.93. The first-order chi connectivity index (χ1) is 6.24. The van der Waals surface area contributed by atoms with Gasteiger partial charge < -0.3 is 0 Å². The molecule has 0 aliphatic rings. The zero-order valence-corrected chi connectivity index (χ0v) is 9.95. The monoisotopic (exact) mass is 248 g/mol. The van der Waals surface area contributed by atoms with Gasteiger partial charge in [-0.05, 0) is 23.8 Å². The highest BCUT2D eigenvalue weighted by atomic mass is 35.5. The van der Waals surface area contributed by atoms with E-state index in [0.717, 1.165) is 5.39 Å². The smallest absolute Gasteiger partial charge is 0.0679 e. The summed E-state index contributed by atoms with van der Waals surface area (Å²) in [6.07, 6.45) is 2.04. The topological polar surface area (TPSA) is 0 Å². The predicted octanol–water partition coefficient (Wildman–Crippen LogP) is 4.93. The van der Waals surface area contributed by atoms with Gasteiger partial charge in [-0.25, -0.2) is 0 Å². The van der Waals surface area contributed by atoms with Crippen LogP contribution in [0.4, 0.5) is 0 Å². The molecule has 0 N–H and O–H groups in total. The molecule has 0 nitrogen and oxygen atoms in total. The van der Waals surface area contributed by atoms with Gasteiger partial charge in [0.2, 0.25) is 0 Å². The Balaban J connectivity index is 2.87. The van der Waals surface area contributed by atoms with Crippen LogP contribution in [-0.4, -0.2) is 6.26 Å². The maximum atomic E-state index is 6.06. The molecule has 2 rings (SSSR count). The molecule has 0 radical (unpaired) electrons. The highest BCUT2D eigenvalue weighted by Gasteiger charge is 2.09. The van der Waals surface area contributed by atoms with Crippen LogP contribution in [0.5, 0.6) is 0 Å². The summed E-state index contributed by atoms with van der Waals surface area (Å²) >= 11 is 15.4. The highest BCUT2D eigenvalue weighted by Crippen LogP contribution is 2.39. The van der Waals surface area contributed by atoms with Crippen molar-refractivity contribution >= 4 is 56.4 Å². The fraction of sp³-hybridized carbons (Fsp3) is 0.111. The zero-order chi connectivity index (χ0) is 9.42. The Morgan fingerprint density at radius 2 is 2.15 bits per heavy atom. The zero-order valence-electron chi connectivity index (χ0n) is 6.80. The van der Waals surface area contributed by atoms with Crippen LogP contribution in [0.25, 0.3) is 10.1 Å². The molecule has 0 aliphatic carbocycles. The number of thioether (sulfide) groups is 1. The third kappa shape index (κ3) is 1.57. The first-order valence-corrected chi connectivity index (χ1v) is 6.49. The maximum absolute atomic E-state index is 6.06. The van der Waals surface area contributed by atoms with E-state index in [-0.39, 0.29) is 0 Å². The number of hydrogen-bond donors (Lipinski definition) is 0. The van der Waals surface area contributed by atoms with Crippen LogP contribution in [0, 0.1) is 0 Å². The van der Waals surface area contributed by atoms with E-state index < -0.39 is 0 Å². The fourth-order valence-corrected chi connectivity index (χ4v) is 3.48. The Morgan fingerprint density at radius 1 is 1.38 bits per heavy atom. The summed E-state index contributed by atoms with van der Waals surface area (Å²) in [5, 5.41) is 4.39. The van der Waals surface area contributed by atoms with E-state index in [4.69, 9.17) is 23.2 Å². The Bertz CT molecular complexity index is 448. The van der Waals surface area contributed by atoms with Gasteiger partial charge in [-0.3, -0.25) is 0 Å². The first kappa shape index (κ1) is 9.66. The normalized spacial score (nSPS) is 11.0. The molecule has 0 saturated heterocycles. The van der Waals surface area contributed by atoms with Crippen molar-refractivity contribution in [3.8, 4) is 0 Å². The molecule has 0 aliphatic heterocycles. The average Bonchev–Trinajstić information content (AvgIpc) is 2.60. The van der Waals surface area contributed by atoms with E-state index in [0.29, 0.717) is 10.0 Å². The minimum absolute atomic E-state index is 0.636. The predicted molar refractivity (Wildman–Crippen MR) is 63.6 cm³/mol. The first-order valence-electron chi connectivity index (χ1n) is 3.63. The van der Waals surface area contributed by atoms with E-state index >= 15 is 0 Å². The molecule has 0 spiro atoms. The highest BCUT2D eigenvalue weighted by molar-refractivity contribution is 7.99. The molecule has 0 amide bonds. The summed E-state index contributed by atoms with van der Waals surface area (Å²) in [7, 11) is 0. The molecule has 13 heavy (non-hydrogen) atoms. The molecular formula is C9H6Cl2S2. The van der Waals surface area contributed by atoms with Crippen LogP contribution in [0.1, 0.15) is 0 Å². The van der Waals surface area contributed by atoms with E-state index in [9.17, 15) is 0 Å². The summed E-state index contributed by atoms with van der Waals surface area (Å²) < 4.78 is 1.22. The van der Waals surface area contributed by atoms with Crippen LogP contribution in [0.15, 0.2) is 22.4 Å². The number of fused-ring (bicyclic) bond motifs is 1. The second-order valence-corrected chi connectivity index (χ2v) is 5.09. The number of thiophene rings is 1. The Labute approximate surface area is 94.8 Å². The third-order valence-corrected chi connectivity index (χ3v) is 4.45. The van der Waals surface area contributed by atoms with E-state index in [2.05, 4.69) is 0 Å². The van der Waals surface area contributed by atoms with Crippen LogP contribution in [-0.2, 0) is 0 Å². The van der Waals surface area contributed by atoms with Crippen molar-refractivity contribution in [3.05, 3.63) is 27.6 Å². The largest absolute Gasteiger partial charge is 0.143 e. The molecule has 0 fully saturated rings. The van der Waals surface area contributed by atoms with Gasteiger partial charge in [0.05, 0.1) is 10.0 Å². The lowest BCUT2D eigenvalue weighted by Gasteiger charge is -2.02. The van der Waals surface area contributed by atoms with Gasteiger partial charge in [-0.2, -0.15) is 0 Å². The summed E-state index contributed by atoms with van der Waals surface area (Å²) in [6.45, 7) is 0. The van der Waals surface area contributed by atoms with Crippen LogP contribution >= 0.6 is 46.3 Å². The number of rotatable bonds is 1. The van der Waals surface area contributed by atoms with Gasteiger partial charge in [0.25, 0.3) is 0 Å². The minimum Gasteiger partial charge on any atom is -0.143 e. The van der Waals surface area contributed by atoms with Crippen molar-refractivity contribution < 1.29 is 0 Å². The molecule has 2 aromatic rings. The summed E-state index contributed by atoms with van der Waals surface area (Å²) in [5.74, 6) is 0. The van der Waals surface area contributed by atoms with Crippen molar-refractivity contribution in [2.24, 2.45) is 0 Å². The molecule has 1 aromatic heterocycles. The van der Waals surface area contributed by atoms with Gasteiger partial charge in [-0.15, -0.1) is 23.1 Å². The van der Waals surface area contributed by atoms with Crippen molar-refractivity contribution in [3.63, 3.8) is 0 Å². The Morgan fingerprint density at radius 3 is 2.85 bits per heavy atom. The minimum atomic E-state index is 0.636. The van der Waals surface area contributed by atoms with Crippen molar-refractivity contribution in [1.82, 2.24) is 0 Å². The van der Waals surface area contributed by atoms with Crippen molar-refractivity contribution in [2.45, 2.75) is 4.90 Å². The second kappa shape index (κ2) is 3.70. The summed E-state index contributed by atoms with van der Waals surface area (Å²) in [4.78, 5) is 1.19. The van der Waals surface area contributed by atoms with E-state index in [1.807, 2.05) is 23.8 Å². The summed E-state index contributed by atoms with van der Waals surface area (Å²) in [5.41, 5.74) is 0. The number of benzene rings is 1. The maximum Gasteiger partial charge on any atom is 0.0679 e. The molecule has 0 bridgehead atoms. The molecule has 0 unspecified atom stereocenters. The van der Waals surface area contributed by atoms with E-state index in [1.165, 1.54) is 9.60 Å². The fourth-order valence-electron chi connectivity index (χ4n) is 1.20. The van der Waals surface area contributed by atoms with Gasteiger partial charge >= 0.3 is 0 Å². The Kier molecular flexibility index (Phi) is 2.75. The lowest BCUT2D eigenvalue weighted by Crippen LogP contribution is -1.74. The van der Waals surface area contributed by atoms with Crippen molar-refractivity contribution in [2.75, 3.05) is 6.26 Å². The lowest BCUT2D eigenvalue weighted by molar-refractivity contribution is 1.59. The van der Waals surface area contributed by atoms with Crippen LogP contribution < -0.4 is 0 Å². The van der Waals surface area contributed by atoms with Gasteiger partial charge in [0.15, 0.2) is 0 Å². The number of halogens is 2. The molecule has 1 heterocycles. The number of hydrogen-bond acceptors (Lipinski definition) is 2. The third-order valence-electron chi connectivity index (χ3n) is 1.81. The standard InChI is InChI=1S/C9H6Cl2S2/c1-12-7-4-6(10)8(11)5-2-3-13-9(5)7/h2-4H,1H3. The molecule has 68 valence electrons. The quantitative estimate of drug-likeness (QED) is 0.646.